The molecule has 0 aromatic rings. The number of rotatable bonds is 5. The molecule has 0 aliphatic carbocycles. The van der Waals surface area contributed by atoms with E-state index in [1.54, 1.807) is 13.0 Å². The molecule has 0 spiro atoms. The van der Waals surface area contributed by atoms with E-state index in [0.29, 0.717) is 5.03 Å². The molecule has 0 saturated heterocycles. The van der Waals surface area contributed by atoms with Crippen molar-refractivity contribution in [2.45, 2.75) is 33.2 Å². The van der Waals surface area contributed by atoms with Gasteiger partial charge in [-0.05, 0) is 20.3 Å². The van der Waals surface area contributed by atoms with Crippen molar-refractivity contribution in [3.05, 3.63) is 23.9 Å². The number of carbonyl (C=O) groups excluding carboxylic acids is 1. The zero-order valence-corrected chi connectivity index (χ0v) is 10.1. The molecule has 0 bridgehead atoms. The summed E-state index contributed by atoms with van der Waals surface area (Å²) in [6, 6.07) is 0.105. The van der Waals surface area contributed by atoms with Gasteiger partial charge in [0.25, 0.3) is 5.91 Å². The van der Waals surface area contributed by atoms with Crippen LogP contribution >= 0.6 is 11.6 Å². The van der Waals surface area contributed by atoms with E-state index in [9.17, 15) is 4.79 Å². The highest BCUT2D eigenvalue weighted by Crippen LogP contribution is 2.05. The number of halogens is 1. The zero-order chi connectivity index (χ0) is 11.8. The van der Waals surface area contributed by atoms with Crippen molar-refractivity contribution in [2.24, 2.45) is 4.99 Å². The van der Waals surface area contributed by atoms with Gasteiger partial charge in [-0.2, -0.15) is 0 Å². The molecule has 1 N–H and O–H groups in total. The second-order valence-electron chi connectivity index (χ2n) is 3.08. The molecule has 1 unspecified atom stereocenters. The Hall–Kier alpha value is -1.09. The third kappa shape index (κ3) is 4.79. The number of carbonyl (C=O) groups is 1. The normalized spacial score (nSPS) is 14.7. The summed E-state index contributed by atoms with van der Waals surface area (Å²) in [7, 11) is 0. The van der Waals surface area contributed by atoms with Crippen LogP contribution in [0.4, 0.5) is 0 Å². The fourth-order valence-electron chi connectivity index (χ4n) is 0.851. The van der Waals surface area contributed by atoms with Crippen molar-refractivity contribution in [2.75, 3.05) is 0 Å². The summed E-state index contributed by atoms with van der Waals surface area (Å²) in [5, 5.41) is 3.12. The predicted molar refractivity (Wildman–Crippen MR) is 65.1 cm³/mol. The van der Waals surface area contributed by atoms with Crippen LogP contribution in [-0.2, 0) is 4.79 Å². The average molecular weight is 229 g/mol. The molecule has 4 heteroatoms. The lowest BCUT2D eigenvalue weighted by Crippen LogP contribution is -2.37. The second-order valence-corrected chi connectivity index (χ2v) is 3.49. The van der Waals surface area contributed by atoms with Crippen molar-refractivity contribution >= 4 is 23.2 Å². The fraction of sp³-hybridized carbons (Fsp3) is 0.455. The van der Waals surface area contributed by atoms with Crippen molar-refractivity contribution in [3.8, 4) is 0 Å². The van der Waals surface area contributed by atoms with E-state index in [1.165, 1.54) is 6.20 Å². The smallest absolute Gasteiger partial charge is 0.271 e. The number of allylic oxidation sites excluding steroid dienone is 1. The van der Waals surface area contributed by atoms with Crippen molar-refractivity contribution < 1.29 is 4.79 Å². The lowest BCUT2D eigenvalue weighted by molar-refractivity contribution is -0.115. The van der Waals surface area contributed by atoms with Crippen LogP contribution in [0.2, 0.25) is 0 Å². The molecular formula is C11H17ClN2O. The Bertz CT molecular complexity index is 295. The number of amides is 1. The Labute approximate surface area is 95.9 Å². The summed E-state index contributed by atoms with van der Waals surface area (Å²) in [6.45, 7) is 9.11. The summed E-state index contributed by atoms with van der Waals surface area (Å²) in [4.78, 5) is 15.5. The summed E-state index contributed by atoms with van der Waals surface area (Å²) < 4.78 is 0. The Morgan fingerprint density at radius 2 is 2.27 bits per heavy atom. The maximum absolute atomic E-state index is 11.7. The van der Waals surface area contributed by atoms with Crippen molar-refractivity contribution in [1.29, 1.82) is 0 Å². The Balaban J connectivity index is 4.73. The summed E-state index contributed by atoms with van der Waals surface area (Å²) in [5.41, 5.74) is 0.203. The maximum Gasteiger partial charge on any atom is 0.271 e. The lowest BCUT2D eigenvalue weighted by Gasteiger charge is -2.11. The Kier molecular flexibility index (Phi) is 6.71. The first-order valence-corrected chi connectivity index (χ1v) is 5.26. The highest BCUT2D eigenvalue weighted by atomic mass is 35.5. The first-order valence-electron chi connectivity index (χ1n) is 4.88. The van der Waals surface area contributed by atoms with E-state index in [1.807, 2.05) is 13.8 Å². The van der Waals surface area contributed by atoms with Crippen LogP contribution in [0.1, 0.15) is 27.2 Å². The number of aliphatic imine (C=N–C) groups is 1. The molecule has 84 valence electrons. The molecule has 0 heterocycles. The standard InChI is InChI=1S/C11H17ClN2O/c1-5-8(4)14-11(15)10(13-7-3)9(12)6-2/h6-8H,3,5H2,1-2,4H3,(H,14,15)/b9-6+,13-10+. The molecule has 0 radical (unpaired) electrons. The molecule has 1 atom stereocenters. The molecule has 15 heavy (non-hydrogen) atoms. The van der Waals surface area contributed by atoms with Gasteiger partial charge in [0.05, 0.1) is 5.03 Å². The lowest BCUT2D eigenvalue weighted by atomic mass is 10.2. The number of nitrogens with one attached hydrogen (secondary N) is 1. The van der Waals surface area contributed by atoms with E-state index in [-0.39, 0.29) is 17.7 Å². The number of hydrogen-bond acceptors (Lipinski definition) is 2. The topological polar surface area (TPSA) is 41.5 Å². The number of hydrogen-bond donors (Lipinski definition) is 1. The van der Waals surface area contributed by atoms with Gasteiger partial charge in [-0.25, -0.2) is 0 Å². The van der Waals surface area contributed by atoms with Crippen LogP contribution in [0.5, 0.6) is 0 Å². The molecule has 0 aliphatic rings. The SMILES string of the molecule is C=C/N=C(C(=O)NC(C)CC)\C(Cl)=C/C. The molecule has 0 aliphatic heterocycles. The van der Waals surface area contributed by atoms with E-state index < -0.39 is 0 Å². The average Bonchev–Trinajstić information content (AvgIpc) is 2.24. The minimum Gasteiger partial charge on any atom is -0.348 e. The van der Waals surface area contributed by atoms with Crippen molar-refractivity contribution in [3.63, 3.8) is 0 Å². The van der Waals surface area contributed by atoms with Gasteiger partial charge in [0.1, 0.15) is 5.71 Å². The van der Waals surface area contributed by atoms with Gasteiger partial charge in [0.2, 0.25) is 0 Å². The van der Waals surface area contributed by atoms with Crippen LogP contribution in [0.15, 0.2) is 28.9 Å². The van der Waals surface area contributed by atoms with Crippen LogP contribution in [-0.4, -0.2) is 17.7 Å². The second kappa shape index (κ2) is 7.23. The van der Waals surface area contributed by atoms with Crippen molar-refractivity contribution in [1.82, 2.24) is 5.32 Å². The highest BCUT2D eigenvalue weighted by Gasteiger charge is 2.15. The highest BCUT2D eigenvalue weighted by molar-refractivity contribution is 6.59. The third-order valence-corrected chi connectivity index (χ3v) is 2.30. The maximum atomic E-state index is 11.7. The summed E-state index contributed by atoms with van der Waals surface area (Å²) in [6.07, 6.45) is 3.79. The minimum atomic E-state index is -0.271. The van der Waals surface area contributed by atoms with Crippen LogP contribution in [0.3, 0.4) is 0 Å². The molecule has 1 amide bonds. The third-order valence-electron chi connectivity index (χ3n) is 1.90. The van der Waals surface area contributed by atoms with Gasteiger partial charge in [0.15, 0.2) is 0 Å². The molecular weight excluding hydrogens is 212 g/mol. The Morgan fingerprint density at radius 1 is 1.67 bits per heavy atom. The predicted octanol–water partition coefficient (Wildman–Crippen LogP) is 2.63. The summed E-state index contributed by atoms with van der Waals surface area (Å²) in [5.74, 6) is -0.271. The first kappa shape index (κ1) is 13.9. The van der Waals surface area contributed by atoms with Gasteiger partial charge in [-0.1, -0.05) is 31.2 Å². The fourth-order valence-corrected chi connectivity index (χ4v) is 0.986. The van der Waals surface area contributed by atoms with Gasteiger partial charge in [-0.15, -0.1) is 0 Å². The van der Waals surface area contributed by atoms with Gasteiger partial charge in [0, 0.05) is 12.2 Å². The quantitative estimate of drug-likeness (QED) is 0.723. The van der Waals surface area contributed by atoms with E-state index in [0.717, 1.165) is 6.42 Å². The molecule has 3 nitrogen and oxygen atoms in total. The van der Waals surface area contributed by atoms with Crippen LogP contribution in [0.25, 0.3) is 0 Å². The molecule has 0 fully saturated rings. The molecule has 0 aromatic heterocycles. The molecule has 0 rings (SSSR count). The van der Waals surface area contributed by atoms with E-state index in [4.69, 9.17) is 11.6 Å². The zero-order valence-electron chi connectivity index (χ0n) is 9.38. The summed E-state index contributed by atoms with van der Waals surface area (Å²) >= 11 is 5.85. The van der Waals surface area contributed by atoms with E-state index in [2.05, 4.69) is 16.9 Å². The van der Waals surface area contributed by atoms with Gasteiger partial charge < -0.3 is 5.32 Å². The molecule has 0 aromatic carbocycles. The monoisotopic (exact) mass is 228 g/mol. The van der Waals surface area contributed by atoms with Gasteiger partial charge in [-0.3, -0.25) is 9.79 Å². The van der Waals surface area contributed by atoms with Gasteiger partial charge >= 0.3 is 0 Å². The van der Waals surface area contributed by atoms with Crippen LogP contribution in [0, 0.1) is 0 Å². The number of nitrogens with zero attached hydrogens (tertiary/aromatic N) is 1. The van der Waals surface area contributed by atoms with E-state index >= 15 is 0 Å². The Morgan fingerprint density at radius 3 is 2.67 bits per heavy atom. The van der Waals surface area contributed by atoms with Crippen LogP contribution < -0.4 is 5.32 Å². The largest absolute Gasteiger partial charge is 0.348 e. The first-order chi connectivity index (χ1) is 7.06. The minimum absolute atomic E-state index is 0.105. The molecule has 0 saturated carbocycles.